The van der Waals surface area contributed by atoms with E-state index in [1.54, 1.807) is 0 Å². The summed E-state index contributed by atoms with van der Waals surface area (Å²) in [6, 6.07) is 5.02. The number of halogens is 2. The average molecular weight is 555 g/mol. The zero-order chi connectivity index (χ0) is 28.6. The molecule has 5 rings (SSSR count). The molecule has 2 fully saturated rings. The molecule has 0 bridgehead atoms. The van der Waals surface area contributed by atoms with E-state index in [1.165, 1.54) is 32.7 Å². The van der Waals surface area contributed by atoms with Gasteiger partial charge in [0.25, 0.3) is 0 Å². The van der Waals surface area contributed by atoms with Gasteiger partial charge in [0, 0.05) is 30.7 Å². The van der Waals surface area contributed by atoms with E-state index in [-0.39, 0.29) is 46.8 Å². The van der Waals surface area contributed by atoms with Gasteiger partial charge in [0.15, 0.2) is 5.82 Å². The minimum absolute atomic E-state index is 0.0136. The minimum Gasteiger partial charge on any atom is -0.488 e. The highest BCUT2D eigenvalue weighted by molar-refractivity contribution is 5.64. The summed E-state index contributed by atoms with van der Waals surface area (Å²) in [4.78, 5) is 23.8. The van der Waals surface area contributed by atoms with Crippen LogP contribution >= 0.6 is 0 Å². The molecule has 0 radical (unpaired) electrons. The van der Waals surface area contributed by atoms with Gasteiger partial charge in [0.1, 0.15) is 41.7 Å². The summed E-state index contributed by atoms with van der Waals surface area (Å²) in [6.45, 7) is 6.52. The van der Waals surface area contributed by atoms with Crippen molar-refractivity contribution in [3.63, 3.8) is 0 Å². The van der Waals surface area contributed by atoms with Crippen molar-refractivity contribution in [3.05, 3.63) is 40.2 Å². The second kappa shape index (κ2) is 10.8. The lowest BCUT2D eigenvalue weighted by atomic mass is 9.84. The van der Waals surface area contributed by atoms with Crippen molar-refractivity contribution >= 4 is 17.5 Å². The van der Waals surface area contributed by atoms with E-state index in [1.807, 2.05) is 0 Å². The number of nitrogens with one attached hydrogen (secondary N) is 2. The molecule has 1 aromatic carbocycles. The van der Waals surface area contributed by atoms with Crippen LogP contribution in [-0.4, -0.2) is 71.6 Å². The van der Waals surface area contributed by atoms with Crippen molar-refractivity contribution < 1.29 is 13.5 Å². The van der Waals surface area contributed by atoms with Crippen LogP contribution in [0.5, 0.6) is 5.75 Å². The van der Waals surface area contributed by atoms with Crippen LogP contribution in [-0.2, 0) is 7.05 Å². The van der Waals surface area contributed by atoms with Gasteiger partial charge in [-0.3, -0.25) is 4.90 Å². The summed E-state index contributed by atoms with van der Waals surface area (Å²) >= 11 is 0. The normalized spacial score (nSPS) is 20.9. The average Bonchev–Trinajstić information content (AvgIpc) is 3.51. The molecule has 2 N–H and O–H groups in total. The second-order valence-corrected chi connectivity index (χ2v) is 11.0. The summed E-state index contributed by atoms with van der Waals surface area (Å²) in [5.74, 6) is -0.435. The number of rotatable bonds is 8. The molecule has 12 nitrogen and oxygen atoms in total. The fourth-order valence-electron chi connectivity index (χ4n) is 5.66. The lowest BCUT2D eigenvalue weighted by Crippen LogP contribution is -2.55. The van der Waals surface area contributed by atoms with Gasteiger partial charge < -0.3 is 15.4 Å². The summed E-state index contributed by atoms with van der Waals surface area (Å²) in [5.41, 5.74) is -0.342. The predicted octanol–water partition coefficient (Wildman–Crippen LogP) is 3.06. The van der Waals surface area contributed by atoms with E-state index in [4.69, 9.17) is 4.74 Å². The zero-order valence-corrected chi connectivity index (χ0v) is 22.9. The molecule has 14 heteroatoms. The van der Waals surface area contributed by atoms with Gasteiger partial charge in [0.05, 0.1) is 11.9 Å². The predicted molar refractivity (Wildman–Crippen MR) is 143 cm³/mol. The molecule has 0 unspecified atom stereocenters. The summed E-state index contributed by atoms with van der Waals surface area (Å²) in [6.07, 6.45) is 4.19. The van der Waals surface area contributed by atoms with Crippen molar-refractivity contribution in [1.82, 2.24) is 34.7 Å². The van der Waals surface area contributed by atoms with E-state index < -0.39 is 17.7 Å². The van der Waals surface area contributed by atoms with Crippen LogP contribution in [0.4, 0.5) is 26.2 Å². The number of aromatic nitrogens is 6. The number of hydrogen-bond donors (Lipinski definition) is 2. The molecule has 2 aromatic heterocycles. The number of nitriles is 1. The van der Waals surface area contributed by atoms with Gasteiger partial charge in [-0.25, -0.2) is 18.6 Å². The first kappa shape index (κ1) is 27.4. The Kier molecular flexibility index (Phi) is 7.41. The molecule has 2 saturated heterocycles. The monoisotopic (exact) mass is 554 g/mol. The topological polar surface area (TPSA) is 139 Å². The summed E-state index contributed by atoms with van der Waals surface area (Å²) in [5, 5.41) is 23.4. The highest BCUT2D eigenvalue weighted by Gasteiger charge is 2.43. The Bertz CT molecular complexity index is 1500. The summed E-state index contributed by atoms with van der Waals surface area (Å²) < 4.78 is 36.0. The maximum absolute atomic E-state index is 15.2. The molecular weight excluding hydrogens is 522 g/mol. The first-order valence-electron chi connectivity index (χ1n) is 13.2. The Morgan fingerprint density at radius 1 is 1.32 bits per heavy atom. The molecule has 3 aromatic rings. The van der Waals surface area contributed by atoms with Crippen molar-refractivity contribution in [2.75, 3.05) is 23.8 Å². The van der Waals surface area contributed by atoms with Crippen molar-refractivity contribution in [2.45, 2.75) is 70.2 Å². The van der Waals surface area contributed by atoms with E-state index in [2.05, 4.69) is 55.8 Å². The van der Waals surface area contributed by atoms with Crippen LogP contribution in [0.25, 0.3) is 5.69 Å². The number of hydrogen-bond acceptors (Lipinski definition) is 10. The van der Waals surface area contributed by atoms with Gasteiger partial charge in [-0.1, -0.05) is 0 Å². The van der Waals surface area contributed by atoms with Crippen molar-refractivity contribution in [1.29, 1.82) is 5.26 Å². The molecule has 0 aliphatic carbocycles. The Hall–Kier alpha value is -4.12. The maximum atomic E-state index is 15.2. The van der Waals surface area contributed by atoms with E-state index in [0.29, 0.717) is 11.9 Å². The number of benzene rings is 1. The second-order valence-electron chi connectivity index (χ2n) is 11.0. The number of nitrogens with zero attached hydrogens (tertiary/aromatic N) is 8. The van der Waals surface area contributed by atoms with Crippen molar-refractivity contribution in [2.24, 2.45) is 7.05 Å². The van der Waals surface area contributed by atoms with E-state index in [0.717, 1.165) is 41.2 Å². The molecule has 4 heterocycles. The molecule has 0 saturated carbocycles. The molecule has 0 amide bonds. The van der Waals surface area contributed by atoms with Crippen molar-refractivity contribution in [3.8, 4) is 17.5 Å². The van der Waals surface area contributed by atoms with Crippen LogP contribution in [0.3, 0.4) is 0 Å². The first-order valence-corrected chi connectivity index (χ1v) is 13.2. The number of tetrazole rings is 1. The number of ether oxygens (including phenoxy) is 1. The Labute approximate surface area is 229 Å². The highest BCUT2D eigenvalue weighted by atomic mass is 19.1. The highest BCUT2D eigenvalue weighted by Crippen LogP contribution is 2.39. The van der Waals surface area contributed by atoms with Gasteiger partial charge in [-0.05, 0) is 69.5 Å². The van der Waals surface area contributed by atoms with Gasteiger partial charge in [-0.15, -0.1) is 0 Å². The van der Waals surface area contributed by atoms with Gasteiger partial charge >= 0.3 is 5.69 Å². The third kappa shape index (κ3) is 5.46. The van der Waals surface area contributed by atoms with Crippen LogP contribution < -0.4 is 21.1 Å². The van der Waals surface area contributed by atoms with E-state index >= 15 is 4.39 Å². The smallest absolute Gasteiger partial charge is 0.368 e. The molecule has 0 spiro atoms. The Balaban J connectivity index is 1.44. The third-order valence-corrected chi connectivity index (χ3v) is 7.42. The molecule has 3 atom stereocenters. The van der Waals surface area contributed by atoms with Crippen LogP contribution in [0.2, 0.25) is 0 Å². The number of alkyl halides is 1. The molecule has 2 aliphatic rings. The van der Waals surface area contributed by atoms with Crippen LogP contribution in [0, 0.1) is 17.1 Å². The maximum Gasteiger partial charge on any atom is 0.368 e. The first-order chi connectivity index (χ1) is 19.1. The molecular formula is C26H32F2N10O2. The largest absolute Gasteiger partial charge is 0.488 e. The fourth-order valence-corrected chi connectivity index (χ4v) is 5.66. The van der Waals surface area contributed by atoms with E-state index in [9.17, 15) is 14.4 Å². The molecule has 212 valence electrons. The van der Waals surface area contributed by atoms with Crippen LogP contribution in [0.15, 0.2) is 23.1 Å². The molecule has 40 heavy (non-hydrogen) atoms. The standard InChI is InChI=1S/C26H32F2N10O2/c1-15(27)14-40-22-9-19(28)20(10-21(22)38-25(39)36(4)34-35-38)32-24-30-13-16(12-29)23(33-24)31-17-8-18-6-5-7-37(18)26(2,3)11-17/h9-10,13,15,17-18H,5-8,11,14H2,1-4H3,(H2,30,31,32,33)/t15-,17+,18+/m0/s1. The third-order valence-electron chi connectivity index (χ3n) is 7.42. The molecule has 2 aliphatic heterocycles. The van der Waals surface area contributed by atoms with Gasteiger partial charge in [-0.2, -0.15) is 19.6 Å². The lowest BCUT2D eigenvalue weighted by Gasteiger charge is -2.47. The summed E-state index contributed by atoms with van der Waals surface area (Å²) in [7, 11) is 1.41. The van der Waals surface area contributed by atoms with Crippen LogP contribution in [0.1, 0.15) is 52.0 Å². The Morgan fingerprint density at radius 3 is 2.83 bits per heavy atom. The Morgan fingerprint density at radius 2 is 2.12 bits per heavy atom. The minimum atomic E-state index is -1.32. The number of fused-ring (bicyclic) bond motifs is 1. The number of piperidine rings is 1. The SMILES string of the molecule is C[C@H](F)COc1cc(F)c(Nc2ncc(C#N)c(N[C@@H]3C[C@H]4CCCN4C(C)(C)C3)n2)cc1-n1nnn(C)c1=O. The quantitative estimate of drug-likeness (QED) is 0.427. The van der Waals surface area contributed by atoms with Gasteiger partial charge in [0.2, 0.25) is 5.95 Å². The number of anilines is 3. The number of aryl methyl sites for hydroxylation is 1. The fraction of sp³-hybridized carbons (Fsp3) is 0.538. The lowest BCUT2D eigenvalue weighted by molar-refractivity contribution is 0.0501. The zero-order valence-electron chi connectivity index (χ0n) is 22.9.